The Kier molecular flexibility index (Phi) is 7.14. The minimum atomic E-state index is -0.315. The Morgan fingerprint density at radius 3 is 2.58 bits per heavy atom. The number of hydrogen-bond donors (Lipinski definition) is 1. The second-order valence-electron chi connectivity index (χ2n) is 7.91. The van der Waals surface area contributed by atoms with Gasteiger partial charge in [-0.3, -0.25) is 14.3 Å². The molecule has 168 valence electrons. The molecule has 0 saturated heterocycles. The Bertz CT molecular complexity index is 1230. The number of halogens is 1. The van der Waals surface area contributed by atoms with E-state index in [0.29, 0.717) is 34.8 Å². The van der Waals surface area contributed by atoms with Gasteiger partial charge in [-0.1, -0.05) is 43.8 Å². The molecule has 0 aliphatic rings. The van der Waals surface area contributed by atoms with Gasteiger partial charge in [0.05, 0.1) is 0 Å². The van der Waals surface area contributed by atoms with E-state index in [1.54, 1.807) is 24.5 Å². The summed E-state index contributed by atoms with van der Waals surface area (Å²) in [4.78, 5) is 16.9. The molecule has 0 fully saturated rings. The van der Waals surface area contributed by atoms with Gasteiger partial charge >= 0.3 is 0 Å². The van der Waals surface area contributed by atoms with E-state index in [-0.39, 0.29) is 11.7 Å². The third-order valence-electron chi connectivity index (χ3n) is 4.93. The van der Waals surface area contributed by atoms with E-state index in [4.69, 9.17) is 0 Å². The lowest BCUT2D eigenvalue weighted by Gasteiger charge is -2.13. The van der Waals surface area contributed by atoms with Crippen LogP contribution in [0, 0.1) is 11.7 Å². The number of pyridine rings is 1. The fraction of sp³-hybridized carbons (Fsp3) is 0.200. The van der Waals surface area contributed by atoms with Crippen molar-refractivity contribution in [3.8, 4) is 17.1 Å². The van der Waals surface area contributed by atoms with Gasteiger partial charge in [0.15, 0.2) is 11.0 Å². The maximum Gasteiger partial charge on any atom is 0.251 e. The minimum Gasteiger partial charge on any atom is -0.352 e. The molecule has 1 amide bonds. The standard InChI is InChI=1S/C25H24FN5OS/c1-17(2)14-28-24(32)22-8-4-3-6-19(22)16-33-25-30-29-23(18-7-5-13-27-15-18)31(25)21-11-9-20(26)10-12-21/h3-13,15,17H,14,16H2,1-2H3,(H,28,32). The van der Waals surface area contributed by atoms with E-state index >= 15 is 0 Å². The molecule has 33 heavy (non-hydrogen) atoms. The molecule has 0 saturated carbocycles. The minimum absolute atomic E-state index is 0.0871. The molecular weight excluding hydrogens is 437 g/mol. The van der Waals surface area contributed by atoms with Gasteiger partial charge in [-0.15, -0.1) is 10.2 Å². The van der Waals surface area contributed by atoms with Crippen molar-refractivity contribution in [3.05, 3.63) is 90.0 Å². The van der Waals surface area contributed by atoms with Crippen LogP contribution in [-0.4, -0.2) is 32.2 Å². The quantitative estimate of drug-likeness (QED) is 0.368. The Morgan fingerprint density at radius 1 is 1.06 bits per heavy atom. The van der Waals surface area contributed by atoms with Crippen LogP contribution in [0.5, 0.6) is 0 Å². The highest BCUT2D eigenvalue weighted by Gasteiger charge is 2.18. The van der Waals surface area contributed by atoms with Gasteiger partial charge in [-0.25, -0.2) is 4.39 Å². The third kappa shape index (κ3) is 5.46. The number of hydrogen-bond acceptors (Lipinski definition) is 5. The first-order valence-corrected chi connectivity index (χ1v) is 11.6. The second-order valence-corrected chi connectivity index (χ2v) is 8.85. The highest BCUT2D eigenvalue weighted by Crippen LogP contribution is 2.30. The van der Waals surface area contributed by atoms with Crippen LogP contribution in [-0.2, 0) is 5.75 Å². The molecule has 0 spiro atoms. The van der Waals surface area contributed by atoms with Crippen molar-refractivity contribution in [2.24, 2.45) is 5.92 Å². The molecule has 4 aromatic rings. The van der Waals surface area contributed by atoms with E-state index in [1.807, 2.05) is 41.0 Å². The Labute approximate surface area is 196 Å². The molecule has 0 atom stereocenters. The van der Waals surface area contributed by atoms with Crippen LogP contribution in [0.25, 0.3) is 17.1 Å². The lowest BCUT2D eigenvalue weighted by Crippen LogP contribution is -2.28. The average Bonchev–Trinajstić information content (AvgIpc) is 3.26. The molecule has 2 aromatic carbocycles. The molecule has 0 unspecified atom stereocenters. The summed E-state index contributed by atoms with van der Waals surface area (Å²) in [5, 5.41) is 12.4. The number of thioether (sulfide) groups is 1. The number of amides is 1. The first-order valence-electron chi connectivity index (χ1n) is 10.6. The number of rotatable bonds is 8. The Morgan fingerprint density at radius 2 is 1.85 bits per heavy atom. The second kappa shape index (κ2) is 10.4. The highest BCUT2D eigenvalue weighted by atomic mass is 32.2. The largest absolute Gasteiger partial charge is 0.352 e. The van der Waals surface area contributed by atoms with Gasteiger partial charge in [0.2, 0.25) is 0 Å². The summed E-state index contributed by atoms with van der Waals surface area (Å²) in [5.41, 5.74) is 3.09. The van der Waals surface area contributed by atoms with Gasteiger partial charge in [0, 0.05) is 41.5 Å². The highest BCUT2D eigenvalue weighted by molar-refractivity contribution is 7.98. The van der Waals surface area contributed by atoms with E-state index in [1.165, 1.54) is 23.9 Å². The summed E-state index contributed by atoms with van der Waals surface area (Å²) in [6.07, 6.45) is 3.41. The number of carbonyl (C=O) groups excluding carboxylic acids is 1. The van der Waals surface area contributed by atoms with Crippen molar-refractivity contribution < 1.29 is 9.18 Å². The topological polar surface area (TPSA) is 72.7 Å². The summed E-state index contributed by atoms with van der Waals surface area (Å²) >= 11 is 1.47. The molecule has 6 nitrogen and oxygen atoms in total. The first-order chi connectivity index (χ1) is 16.0. The average molecular weight is 462 g/mol. The zero-order chi connectivity index (χ0) is 23.2. The van der Waals surface area contributed by atoms with Crippen LogP contribution in [0.15, 0.2) is 78.2 Å². The molecule has 4 rings (SSSR count). The van der Waals surface area contributed by atoms with E-state index in [9.17, 15) is 9.18 Å². The fourth-order valence-electron chi connectivity index (χ4n) is 3.27. The smallest absolute Gasteiger partial charge is 0.251 e. The molecular formula is C25H24FN5OS. The van der Waals surface area contributed by atoms with Gasteiger partial charge < -0.3 is 5.32 Å². The summed E-state index contributed by atoms with van der Waals surface area (Å²) in [7, 11) is 0. The van der Waals surface area contributed by atoms with Crippen LogP contribution in [0.4, 0.5) is 4.39 Å². The van der Waals surface area contributed by atoms with Crippen molar-refractivity contribution in [2.45, 2.75) is 24.8 Å². The third-order valence-corrected chi connectivity index (χ3v) is 5.91. The summed E-state index contributed by atoms with van der Waals surface area (Å²) in [6.45, 7) is 4.74. The van der Waals surface area contributed by atoms with Crippen LogP contribution in [0.1, 0.15) is 29.8 Å². The van der Waals surface area contributed by atoms with Crippen LogP contribution in [0.3, 0.4) is 0 Å². The summed E-state index contributed by atoms with van der Waals surface area (Å²) in [6, 6.07) is 17.5. The van der Waals surface area contributed by atoms with Crippen LogP contribution < -0.4 is 5.32 Å². The molecule has 0 radical (unpaired) electrons. The van der Waals surface area contributed by atoms with Crippen LogP contribution in [0.2, 0.25) is 0 Å². The van der Waals surface area contributed by atoms with Crippen LogP contribution >= 0.6 is 11.8 Å². The Hall–Kier alpha value is -3.52. The monoisotopic (exact) mass is 461 g/mol. The van der Waals surface area contributed by atoms with Gasteiger partial charge in [0.1, 0.15) is 5.82 Å². The zero-order valence-electron chi connectivity index (χ0n) is 18.4. The van der Waals surface area contributed by atoms with Gasteiger partial charge in [0.25, 0.3) is 5.91 Å². The maximum absolute atomic E-state index is 13.6. The molecule has 8 heteroatoms. The molecule has 2 heterocycles. The van der Waals surface area contributed by atoms with Gasteiger partial charge in [-0.05, 0) is 53.9 Å². The Balaban J connectivity index is 1.64. The van der Waals surface area contributed by atoms with Crippen molar-refractivity contribution >= 4 is 17.7 Å². The van der Waals surface area contributed by atoms with E-state index < -0.39 is 0 Å². The predicted octanol–water partition coefficient (Wildman–Crippen LogP) is 5.15. The van der Waals surface area contributed by atoms with Crippen molar-refractivity contribution in [3.63, 3.8) is 0 Å². The molecule has 0 aliphatic carbocycles. The number of aromatic nitrogens is 4. The molecule has 1 N–H and O–H groups in total. The first kappa shape index (κ1) is 22.7. The molecule has 2 aromatic heterocycles. The SMILES string of the molecule is CC(C)CNC(=O)c1ccccc1CSc1nnc(-c2cccnc2)n1-c1ccc(F)cc1. The number of nitrogens with one attached hydrogen (secondary N) is 1. The summed E-state index contributed by atoms with van der Waals surface area (Å²) in [5.74, 6) is 1.11. The van der Waals surface area contributed by atoms with Gasteiger partial charge in [-0.2, -0.15) is 0 Å². The van der Waals surface area contributed by atoms with Crippen molar-refractivity contribution in [2.75, 3.05) is 6.54 Å². The van der Waals surface area contributed by atoms with Crippen molar-refractivity contribution in [1.29, 1.82) is 0 Å². The molecule has 0 aliphatic heterocycles. The van der Waals surface area contributed by atoms with E-state index in [0.717, 1.165) is 16.8 Å². The predicted molar refractivity (Wildman–Crippen MR) is 128 cm³/mol. The number of benzene rings is 2. The number of nitrogens with zero attached hydrogens (tertiary/aromatic N) is 4. The maximum atomic E-state index is 13.6. The molecule has 0 bridgehead atoms. The lowest BCUT2D eigenvalue weighted by atomic mass is 10.1. The lowest BCUT2D eigenvalue weighted by molar-refractivity contribution is 0.0948. The fourth-order valence-corrected chi connectivity index (χ4v) is 4.23. The van der Waals surface area contributed by atoms with E-state index in [2.05, 4.69) is 34.3 Å². The number of carbonyl (C=O) groups is 1. The zero-order valence-corrected chi connectivity index (χ0v) is 19.2. The summed E-state index contributed by atoms with van der Waals surface area (Å²) < 4.78 is 15.4. The van der Waals surface area contributed by atoms with Crippen molar-refractivity contribution in [1.82, 2.24) is 25.1 Å². The normalized spacial score (nSPS) is 11.0.